The molecule has 10 rings (SSSR count). The molecule has 2 unspecified atom stereocenters. The number of fused-ring (bicyclic) bond motifs is 6. The van der Waals surface area contributed by atoms with Gasteiger partial charge in [-0.15, -0.1) is 0 Å². The second-order valence-electron chi connectivity index (χ2n) is 13.2. The Balaban J connectivity index is 1.10. The molecule has 2 aliphatic rings. The van der Waals surface area contributed by atoms with E-state index in [0.29, 0.717) is 0 Å². The molecular weight excluding hydrogens is 611 g/mol. The van der Waals surface area contributed by atoms with E-state index in [1.807, 2.05) is 0 Å². The van der Waals surface area contributed by atoms with Gasteiger partial charge in [-0.2, -0.15) is 0 Å². The van der Waals surface area contributed by atoms with Gasteiger partial charge in [0, 0.05) is 44.9 Å². The number of furan rings is 1. The van der Waals surface area contributed by atoms with E-state index in [4.69, 9.17) is 9.41 Å². The minimum Gasteiger partial charge on any atom is -0.456 e. The number of para-hydroxylation sites is 1. The molecule has 0 radical (unpaired) electrons. The van der Waals surface area contributed by atoms with E-state index >= 15 is 0 Å². The molecule has 4 heteroatoms. The van der Waals surface area contributed by atoms with Crippen LogP contribution in [0, 0.1) is 0 Å². The maximum atomic E-state index is 6.39. The van der Waals surface area contributed by atoms with Crippen LogP contribution in [0.25, 0.3) is 55.7 Å². The van der Waals surface area contributed by atoms with Crippen molar-refractivity contribution < 1.29 is 4.42 Å². The van der Waals surface area contributed by atoms with Crippen LogP contribution in [-0.2, 0) is 6.42 Å². The minimum atomic E-state index is -0.192. The molecule has 2 atom stereocenters. The number of aliphatic imine (C=N–C) groups is 1. The predicted octanol–water partition coefficient (Wildman–Crippen LogP) is 11.2. The highest BCUT2D eigenvalue weighted by atomic mass is 16.3. The molecule has 8 aromatic rings. The Labute approximate surface area is 290 Å². The third kappa shape index (κ3) is 4.80. The van der Waals surface area contributed by atoms with Gasteiger partial charge in [0.25, 0.3) is 0 Å². The number of allylic oxidation sites excluding steroid dienone is 2. The van der Waals surface area contributed by atoms with Crippen molar-refractivity contribution in [3.05, 3.63) is 192 Å². The summed E-state index contributed by atoms with van der Waals surface area (Å²) in [7, 11) is 0. The SMILES string of the molecule is C1=CC(n2c3ccccc3c3ccc(C4=NC(c5ccccc5)NC(c5ccccc5)=C4)cc32)Cc2c1oc1ccc(-c3ccccc3)cc21. The largest absolute Gasteiger partial charge is 0.456 e. The van der Waals surface area contributed by atoms with Crippen LogP contribution in [0.1, 0.15) is 40.2 Å². The maximum absolute atomic E-state index is 6.39. The summed E-state index contributed by atoms with van der Waals surface area (Å²) >= 11 is 0. The zero-order valence-electron chi connectivity index (χ0n) is 27.3. The van der Waals surface area contributed by atoms with E-state index in [2.05, 4.69) is 180 Å². The first-order chi connectivity index (χ1) is 24.8. The molecule has 50 heavy (non-hydrogen) atoms. The first-order valence-corrected chi connectivity index (χ1v) is 17.3. The van der Waals surface area contributed by atoms with Crippen LogP contribution < -0.4 is 5.32 Å². The van der Waals surface area contributed by atoms with Crippen LogP contribution in [-0.4, -0.2) is 10.3 Å². The minimum absolute atomic E-state index is 0.115. The molecule has 3 heterocycles. The van der Waals surface area contributed by atoms with Crippen molar-refractivity contribution in [2.24, 2.45) is 4.99 Å². The van der Waals surface area contributed by atoms with Crippen molar-refractivity contribution >= 4 is 50.3 Å². The van der Waals surface area contributed by atoms with E-state index in [1.165, 1.54) is 43.9 Å². The summed E-state index contributed by atoms with van der Waals surface area (Å²) in [5.41, 5.74) is 12.4. The zero-order valence-corrected chi connectivity index (χ0v) is 27.3. The summed E-state index contributed by atoms with van der Waals surface area (Å²) in [4.78, 5) is 5.28. The monoisotopic (exact) mass is 643 g/mol. The fraction of sp³-hybridized carbons (Fsp3) is 0.0652. The van der Waals surface area contributed by atoms with Gasteiger partial charge in [0.2, 0.25) is 0 Å². The van der Waals surface area contributed by atoms with Gasteiger partial charge < -0.3 is 14.3 Å². The molecular formula is C46H33N3O. The Kier molecular flexibility index (Phi) is 6.66. The van der Waals surface area contributed by atoms with E-state index in [-0.39, 0.29) is 12.2 Å². The lowest BCUT2D eigenvalue weighted by Crippen LogP contribution is -2.24. The summed E-state index contributed by atoms with van der Waals surface area (Å²) < 4.78 is 8.91. The van der Waals surface area contributed by atoms with Crippen molar-refractivity contribution in [1.29, 1.82) is 0 Å². The molecule has 6 aromatic carbocycles. The van der Waals surface area contributed by atoms with Crippen molar-refractivity contribution in [2.45, 2.75) is 18.6 Å². The first kappa shape index (κ1) is 28.6. The van der Waals surface area contributed by atoms with E-state index in [1.54, 1.807) is 0 Å². The number of hydrogen-bond donors (Lipinski definition) is 1. The van der Waals surface area contributed by atoms with Gasteiger partial charge in [0.1, 0.15) is 17.5 Å². The molecule has 1 aliphatic heterocycles. The molecule has 0 amide bonds. The Morgan fingerprint density at radius 1 is 0.600 bits per heavy atom. The molecule has 238 valence electrons. The van der Waals surface area contributed by atoms with Crippen LogP contribution in [0.2, 0.25) is 0 Å². The lowest BCUT2D eigenvalue weighted by atomic mass is 9.95. The summed E-state index contributed by atoms with van der Waals surface area (Å²) in [6, 6.07) is 53.9. The van der Waals surface area contributed by atoms with Crippen LogP contribution in [0.5, 0.6) is 0 Å². The molecule has 0 saturated heterocycles. The number of nitrogens with zero attached hydrogens (tertiary/aromatic N) is 2. The van der Waals surface area contributed by atoms with Gasteiger partial charge in [-0.05, 0) is 58.7 Å². The van der Waals surface area contributed by atoms with Crippen LogP contribution in [0.15, 0.2) is 173 Å². The summed E-state index contributed by atoms with van der Waals surface area (Å²) in [5, 5.41) is 7.38. The summed E-state index contributed by atoms with van der Waals surface area (Å²) in [6.45, 7) is 0. The van der Waals surface area contributed by atoms with Gasteiger partial charge in [-0.3, -0.25) is 4.99 Å². The standard InChI is InChI=1S/C46H33N3O/c1-4-12-30(13-5-1)33-21-24-44-38(26-33)39-28-35(22-25-45(39)50-44)49-42-19-11-10-18-36(42)37-23-20-34(27-43(37)49)41-29-40(31-14-6-2-7-15-31)47-46(48-41)32-16-8-3-9-17-32/h1-27,29,35,46-47H,28H2. The third-order valence-electron chi connectivity index (χ3n) is 10.2. The fourth-order valence-electron chi connectivity index (χ4n) is 7.76. The fourth-order valence-corrected chi connectivity index (χ4v) is 7.76. The highest BCUT2D eigenvalue weighted by Crippen LogP contribution is 2.40. The summed E-state index contributed by atoms with van der Waals surface area (Å²) in [6.07, 6.45) is 7.32. The molecule has 0 bridgehead atoms. The van der Waals surface area contributed by atoms with Crippen molar-refractivity contribution in [2.75, 3.05) is 0 Å². The van der Waals surface area contributed by atoms with Gasteiger partial charge in [-0.25, -0.2) is 0 Å². The number of benzene rings is 6. The van der Waals surface area contributed by atoms with Gasteiger partial charge >= 0.3 is 0 Å². The number of rotatable bonds is 5. The highest BCUT2D eigenvalue weighted by Gasteiger charge is 2.26. The third-order valence-corrected chi connectivity index (χ3v) is 10.2. The second-order valence-corrected chi connectivity index (χ2v) is 13.2. The van der Waals surface area contributed by atoms with Crippen molar-refractivity contribution in [3.8, 4) is 11.1 Å². The van der Waals surface area contributed by atoms with Crippen LogP contribution in [0.3, 0.4) is 0 Å². The molecule has 4 nitrogen and oxygen atoms in total. The van der Waals surface area contributed by atoms with Gasteiger partial charge in [0.05, 0.1) is 17.3 Å². The van der Waals surface area contributed by atoms with Gasteiger partial charge in [0.15, 0.2) is 0 Å². The van der Waals surface area contributed by atoms with Crippen molar-refractivity contribution in [3.63, 3.8) is 0 Å². The van der Waals surface area contributed by atoms with Crippen LogP contribution in [0.4, 0.5) is 0 Å². The van der Waals surface area contributed by atoms with E-state index in [0.717, 1.165) is 45.9 Å². The molecule has 2 aromatic heterocycles. The molecule has 1 N–H and O–H groups in total. The normalized spacial score (nSPS) is 17.0. The Morgan fingerprint density at radius 2 is 1.30 bits per heavy atom. The second kappa shape index (κ2) is 11.6. The van der Waals surface area contributed by atoms with Crippen molar-refractivity contribution in [1.82, 2.24) is 9.88 Å². The quantitative estimate of drug-likeness (QED) is 0.203. The average molecular weight is 644 g/mol. The lowest BCUT2D eigenvalue weighted by molar-refractivity contribution is 0.572. The number of aromatic nitrogens is 1. The summed E-state index contributed by atoms with van der Waals surface area (Å²) in [5.74, 6) is 0.956. The maximum Gasteiger partial charge on any atom is 0.145 e. The molecule has 0 fully saturated rings. The topological polar surface area (TPSA) is 42.5 Å². The first-order valence-electron chi connectivity index (χ1n) is 17.3. The number of hydrogen-bond acceptors (Lipinski definition) is 3. The number of nitrogens with one attached hydrogen (secondary N) is 1. The lowest BCUT2D eigenvalue weighted by Gasteiger charge is -2.25. The molecule has 1 aliphatic carbocycles. The Bertz CT molecular complexity index is 2640. The molecule has 0 saturated carbocycles. The smallest absolute Gasteiger partial charge is 0.145 e. The zero-order chi connectivity index (χ0) is 33.0. The average Bonchev–Trinajstić information content (AvgIpc) is 3.73. The van der Waals surface area contributed by atoms with E-state index in [9.17, 15) is 0 Å². The van der Waals surface area contributed by atoms with Crippen LogP contribution >= 0.6 is 0 Å². The predicted molar refractivity (Wildman–Crippen MR) is 206 cm³/mol. The van der Waals surface area contributed by atoms with Gasteiger partial charge in [-0.1, -0.05) is 133 Å². The Hall–Kier alpha value is -6.39. The Morgan fingerprint density at radius 3 is 2.12 bits per heavy atom. The molecule has 0 spiro atoms. The highest BCUT2D eigenvalue weighted by molar-refractivity contribution is 6.16. The van der Waals surface area contributed by atoms with E-state index < -0.39 is 0 Å².